The van der Waals surface area contributed by atoms with Crippen LogP contribution in [0.3, 0.4) is 0 Å². The van der Waals surface area contributed by atoms with Crippen molar-refractivity contribution in [2.45, 2.75) is 40.2 Å². The van der Waals surface area contributed by atoms with Gasteiger partial charge in [0.1, 0.15) is 6.61 Å². The van der Waals surface area contributed by atoms with E-state index in [9.17, 15) is 0 Å². The summed E-state index contributed by atoms with van der Waals surface area (Å²) in [5.41, 5.74) is 1.20. The minimum atomic E-state index is -0.0498. The summed E-state index contributed by atoms with van der Waals surface area (Å²) in [6.45, 7) is 11.0. The molecule has 0 aliphatic carbocycles. The van der Waals surface area contributed by atoms with E-state index in [-0.39, 0.29) is 5.54 Å². The monoisotopic (exact) mass is 225 g/mol. The van der Waals surface area contributed by atoms with Gasteiger partial charge in [0.2, 0.25) is 5.90 Å². The number of rotatable bonds is 1. The van der Waals surface area contributed by atoms with Crippen LogP contribution < -0.4 is 0 Å². The smallest absolute Gasteiger partial charge is 0.227 e. The van der Waals surface area contributed by atoms with Gasteiger partial charge in [-0.25, -0.2) is 4.99 Å². The van der Waals surface area contributed by atoms with E-state index in [1.54, 1.807) is 11.3 Å². The predicted octanol–water partition coefficient (Wildman–Crippen LogP) is 3.64. The molecule has 0 amide bonds. The molecule has 1 aromatic heterocycles. The van der Waals surface area contributed by atoms with Crippen molar-refractivity contribution in [3.8, 4) is 0 Å². The van der Waals surface area contributed by atoms with Crippen molar-refractivity contribution in [1.82, 2.24) is 0 Å². The van der Waals surface area contributed by atoms with Crippen LogP contribution in [0, 0.1) is 6.92 Å². The van der Waals surface area contributed by atoms with Gasteiger partial charge in [-0.05, 0) is 37.8 Å². The maximum Gasteiger partial charge on any atom is 0.227 e. The summed E-state index contributed by atoms with van der Waals surface area (Å²) in [5, 5.41) is 2.07. The molecular formula is C12H19NOS. The molecule has 1 aliphatic heterocycles. The molecule has 0 spiro atoms. The van der Waals surface area contributed by atoms with Gasteiger partial charge in [-0.3, -0.25) is 0 Å². The van der Waals surface area contributed by atoms with Crippen LogP contribution >= 0.6 is 11.3 Å². The highest BCUT2D eigenvalue weighted by molar-refractivity contribution is 7.12. The molecule has 0 atom stereocenters. The Morgan fingerprint density at radius 2 is 2.07 bits per heavy atom. The maximum atomic E-state index is 5.55. The quantitative estimate of drug-likeness (QED) is 0.715. The molecule has 0 saturated carbocycles. The standard InChI is InChI=1S/C10H13NOS.C2H6/c1-7-4-5-13-8(7)9-11-10(2,3)6-12-9;1-2/h4-5H,6H2,1-3H3;1-2H3. The molecule has 84 valence electrons. The Morgan fingerprint density at radius 1 is 1.40 bits per heavy atom. The molecule has 0 bridgehead atoms. The van der Waals surface area contributed by atoms with Crippen LogP contribution in [-0.4, -0.2) is 18.0 Å². The molecule has 0 N–H and O–H groups in total. The molecule has 15 heavy (non-hydrogen) atoms. The van der Waals surface area contributed by atoms with E-state index in [1.807, 2.05) is 13.8 Å². The molecule has 2 rings (SSSR count). The first-order valence-corrected chi connectivity index (χ1v) is 6.24. The van der Waals surface area contributed by atoms with Gasteiger partial charge < -0.3 is 4.74 Å². The Labute approximate surface area is 96.0 Å². The zero-order valence-corrected chi connectivity index (χ0v) is 10.9. The second-order valence-corrected chi connectivity index (χ2v) is 4.87. The first-order valence-electron chi connectivity index (χ1n) is 5.36. The molecule has 0 unspecified atom stereocenters. The Morgan fingerprint density at radius 3 is 2.47 bits per heavy atom. The van der Waals surface area contributed by atoms with Gasteiger partial charge in [0.25, 0.3) is 0 Å². The summed E-state index contributed by atoms with van der Waals surface area (Å²) >= 11 is 1.69. The predicted molar refractivity (Wildman–Crippen MR) is 67.0 cm³/mol. The van der Waals surface area contributed by atoms with E-state index in [0.717, 1.165) is 5.90 Å². The molecule has 0 fully saturated rings. The van der Waals surface area contributed by atoms with Gasteiger partial charge >= 0.3 is 0 Å². The zero-order chi connectivity index (χ0) is 11.5. The Kier molecular flexibility index (Phi) is 3.91. The second-order valence-electron chi connectivity index (χ2n) is 3.95. The minimum absolute atomic E-state index is 0.0498. The van der Waals surface area contributed by atoms with Gasteiger partial charge in [-0.2, -0.15) is 0 Å². The normalized spacial score (nSPS) is 17.5. The lowest BCUT2D eigenvalue weighted by molar-refractivity contribution is 0.280. The van der Waals surface area contributed by atoms with Crippen LogP contribution in [0.5, 0.6) is 0 Å². The van der Waals surface area contributed by atoms with E-state index in [0.29, 0.717) is 6.61 Å². The summed E-state index contributed by atoms with van der Waals surface area (Å²) in [4.78, 5) is 5.70. The van der Waals surface area contributed by atoms with Crippen molar-refractivity contribution in [2.24, 2.45) is 4.99 Å². The van der Waals surface area contributed by atoms with E-state index in [1.165, 1.54) is 10.4 Å². The first kappa shape index (κ1) is 12.2. The highest BCUT2D eigenvalue weighted by atomic mass is 32.1. The fourth-order valence-electron chi connectivity index (χ4n) is 1.29. The number of ether oxygens (including phenoxy) is 1. The average molecular weight is 225 g/mol. The van der Waals surface area contributed by atoms with Gasteiger partial charge in [0, 0.05) is 0 Å². The van der Waals surface area contributed by atoms with E-state index >= 15 is 0 Å². The van der Waals surface area contributed by atoms with Crippen LogP contribution in [0.2, 0.25) is 0 Å². The van der Waals surface area contributed by atoms with Crippen LogP contribution in [-0.2, 0) is 4.74 Å². The summed E-state index contributed by atoms with van der Waals surface area (Å²) in [6, 6.07) is 2.09. The Balaban J connectivity index is 0.000000531. The molecule has 1 aliphatic rings. The summed E-state index contributed by atoms with van der Waals surface area (Å²) in [6.07, 6.45) is 0. The van der Waals surface area contributed by atoms with E-state index in [2.05, 4.69) is 37.2 Å². The Hall–Kier alpha value is -0.830. The molecule has 0 aromatic carbocycles. The molecular weight excluding hydrogens is 206 g/mol. The van der Waals surface area contributed by atoms with Crippen molar-refractivity contribution in [1.29, 1.82) is 0 Å². The molecule has 0 saturated heterocycles. The number of thiophene rings is 1. The SMILES string of the molecule is CC.Cc1ccsc1C1=NC(C)(C)CO1. The lowest BCUT2D eigenvalue weighted by Crippen LogP contribution is -2.17. The average Bonchev–Trinajstić information content (AvgIpc) is 2.75. The van der Waals surface area contributed by atoms with Crippen molar-refractivity contribution in [3.63, 3.8) is 0 Å². The van der Waals surface area contributed by atoms with Crippen molar-refractivity contribution >= 4 is 17.2 Å². The number of aryl methyl sites for hydroxylation is 1. The van der Waals surface area contributed by atoms with E-state index in [4.69, 9.17) is 4.74 Å². The number of aliphatic imine (C=N–C) groups is 1. The number of nitrogens with zero attached hydrogens (tertiary/aromatic N) is 1. The lowest BCUT2D eigenvalue weighted by Gasteiger charge is -2.07. The maximum absolute atomic E-state index is 5.55. The fraction of sp³-hybridized carbons (Fsp3) is 0.583. The topological polar surface area (TPSA) is 21.6 Å². The third kappa shape index (κ3) is 2.81. The first-order chi connectivity index (χ1) is 7.08. The second kappa shape index (κ2) is 4.79. The van der Waals surface area contributed by atoms with Crippen LogP contribution in [0.4, 0.5) is 0 Å². The minimum Gasteiger partial charge on any atom is -0.474 e. The summed E-state index contributed by atoms with van der Waals surface area (Å²) < 4.78 is 5.55. The molecule has 2 heterocycles. The molecule has 0 radical (unpaired) electrons. The van der Waals surface area contributed by atoms with Gasteiger partial charge in [-0.15, -0.1) is 11.3 Å². The molecule has 2 nitrogen and oxygen atoms in total. The summed E-state index contributed by atoms with van der Waals surface area (Å²) in [7, 11) is 0. The van der Waals surface area contributed by atoms with Crippen LogP contribution in [0.1, 0.15) is 38.1 Å². The zero-order valence-electron chi connectivity index (χ0n) is 10.1. The van der Waals surface area contributed by atoms with Crippen LogP contribution in [0.15, 0.2) is 16.4 Å². The van der Waals surface area contributed by atoms with Crippen molar-refractivity contribution in [3.05, 3.63) is 21.9 Å². The van der Waals surface area contributed by atoms with Gasteiger partial charge in [-0.1, -0.05) is 13.8 Å². The third-order valence-corrected chi connectivity index (χ3v) is 3.03. The highest BCUT2D eigenvalue weighted by Crippen LogP contribution is 2.25. The van der Waals surface area contributed by atoms with Gasteiger partial charge in [0.15, 0.2) is 0 Å². The highest BCUT2D eigenvalue weighted by Gasteiger charge is 2.28. The van der Waals surface area contributed by atoms with Crippen LogP contribution in [0.25, 0.3) is 0 Å². The van der Waals surface area contributed by atoms with Crippen molar-refractivity contribution in [2.75, 3.05) is 6.61 Å². The third-order valence-electron chi connectivity index (χ3n) is 2.02. The number of hydrogen-bond donors (Lipinski definition) is 0. The van der Waals surface area contributed by atoms with Crippen molar-refractivity contribution < 1.29 is 4.74 Å². The largest absolute Gasteiger partial charge is 0.474 e. The van der Waals surface area contributed by atoms with Gasteiger partial charge in [0.05, 0.1) is 10.4 Å². The van der Waals surface area contributed by atoms with E-state index < -0.39 is 0 Å². The number of hydrogen-bond acceptors (Lipinski definition) is 3. The molecule has 3 heteroatoms. The lowest BCUT2D eigenvalue weighted by atomic mass is 10.1. The summed E-state index contributed by atoms with van der Waals surface area (Å²) in [5.74, 6) is 0.817. The Bertz CT molecular complexity index is 352. The molecule has 1 aromatic rings. The fourth-order valence-corrected chi connectivity index (χ4v) is 2.16.